The van der Waals surface area contributed by atoms with E-state index in [1.807, 2.05) is 0 Å². The van der Waals surface area contributed by atoms with Gasteiger partial charge in [0, 0.05) is 5.92 Å². The maximum atomic E-state index is 6.25. The first-order valence-corrected chi connectivity index (χ1v) is 8.03. The molecule has 1 aromatic heterocycles. The lowest BCUT2D eigenvalue weighted by Gasteiger charge is -2.14. The molecule has 0 saturated carbocycles. The predicted molar refractivity (Wildman–Crippen MR) is 85.4 cm³/mol. The van der Waals surface area contributed by atoms with Gasteiger partial charge in [0.25, 0.3) is 0 Å². The number of halogens is 2. The molecule has 1 aliphatic rings. The van der Waals surface area contributed by atoms with Crippen LogP contribution in [0.1, 0.15) is 48.3 Å². The van der Waals surface area contributed by atoms with E-state index in [0.717, 1.165) is 28.8 Å². The molecule has 2 aromatic rings. The Labute approximate surface area is 132 Å². The van der Waals surface area contributed by atoms with E-state index in [9.17, 15) is 0 Å². The molecule has 0 saturated heterocycles. The quantitative estimate of drug-likeness (QED) is 0.719. The van der Waals surface area contributed by atoms with Crippen LogP contribution in [0.5, 0.6) is 0 Å². The minimum atomic E-state index is 0.326. The average Bonchev–Trinajstić information content (AvgIpc) is 2.85. The maximum absolute atomic E-state index is 6.25. The molecule has 4 heteroatoms. The van der Waals surface area contributed by atoms with Gasteiger partial charge in [0.15, 0.2) is 0 Å². The topological polar surface area (TPSA) is 25.8 Å². The number of rotatable bonds is 2. The van der Waals surface area contributed by atoms with Crippen LogP contribution in [0.2, 0.25) is 5.15 Å². The predicted octanol–water partition coefficient (Wildman–Crippen LogP) is 4.90. The lowest BCUT2D eigenvalue weighted by molar-refractivity contribution is 0.662. The molecule has 0 amide bonds. The Morgan fingerprint density at radius 3 is 2.30 bits per heavy atom. The third kappa shape index (κ3) is 2.49. The molecule has 3 rings (SSSR count). The van der Waals surface area contributed by atoms with Crippen LogP contribution in [0.3, 0.4) is 0 Å². The summed E-state index contributed by atoms with van der Waals surface area (Å²) in [5.41, 5.74) is 3.81. The highest BCUT2D eigenvalue weighted by Crippen LogP contribution is 2.35. The van der Waals surface area contributed by atoms with E-state index < -0.39 is 0 Å². The molecule has 1 heterocycles. The van der Waals surface area contributed by atoms with Gasteiger partial charge >= 0.3 is 0 Å². The van der Waals surface area contributed by atoms with E-state index in [-0.39, 0.29) is 0 Å². The molecule has 0 aliphatic heterocycles. The highest BCUT2D eigenvalue weighted by atomic mass is 79.9. The Kier molecular flexibility index (Phi) is 3.83. The zero-order chi connectivity index (χ0) is 14.3. The Bertz CT molecular complexity index is 630. The van der Waals surface area contributed by atoms with Crippen LogP contribution in [-0.4, -0.2) is 9.97 Å². The standard InChI is InChI=1S/C16H16BrClN2/c1-9(2)14-13(17)15(18)20-16(19-14)12-7-10-5-3-4-6-11(10)8-12/h3-6,9,12H,7-8H2,1-2H3. The van der Waals surface area contributed by atoms with Crippen LogP contribution in [0.25, 0.3) is 0 Å². The molecule has 0 spiro atoms. The van der Waals surface area contributed by atoms with Crippen molar-refractivity contribution in [3.05, 3.63) is 56.5 Å². The molecule has 104 valence electrons. The summed E-state index contributed by atoms with van der Waals surface area (Å²) in [5.74, 6) is 1.54. The molecule has 0 radical (unpaired) electrons. The van der Waals surface area contributed by atoms with Gasteiger partial charge in [0.1, 0.15) is 11.0 Å². The second-order valence-electron chi connectivity index (χ2n) is 5.60. The van der Waals surface area contributed by atoms with Gasteiger partial charge in [-0.05, 0) is 45.8 Å². The SMILES string of the molecule is CC(C)c1nc(C2Cc3ccccc3C2)nc(Cl)c1Br. The fraction of sp³-hybridized carbons (Fsp3) is 0.375. The number of nitrogens with zero attached hydrogens (tertiary/aromatic N) is 2. The van der Waals surface area contributed by atoms with Crippen molar-refractivity contribution in [1.82, 2.24) is 9.97 Å². The summed E-state index contributed by atoms with van der Waals surface area (Å²) in [7, 11) is 0. The lowest BCUT2D eigenvalue weighted by Crippen LogP contribution is -2.09. The third-order valence-corrected chi connectivity index (χ3v) is 5.10. The summed E-state index contributed by atoms with van der Waals surface area (Å²) in [6.45, 7) is 4.24. The Hall–Kier alpha value is -0.930. The molecule has 0 bridgehead atoms. The molecular formula is C16H16BrClN2. The summed E-state index contributed by atoms with van der Waals surface area (Å²) in [4.78, 5) is 9.24. The van der Waals surface area contributed by atoms with E-state index >= 15 is 0 Å². The smallest absolute Gasteiger partial charge is 0.147 e. The second-order valence-corrected chi connectivity index (χ2v) is 6.75. The number of benzene rings is 1. The van der Waals surface area contributed by atoms with Crippen molar-refractivity contribution >= 4 is 27.5 Å². The van der Waals surface area contributed by atoms with Crippen molar-refractivity contribution in [3.63, 3.8) is 0 Å². The van der Waals surface area contributed by atoms with Crippen molar-refractivity contribution in [1.29, 1.82) is 0 Å². The van der Waals surface area contributed by atoms with E-state index in [4.69, 9.17) is 16.6 Å². The minimum absolute atomic E-state index is 0.326. The molecule has 20 heavy (non-hydrogen) atoms. The maximum Gasteiger partial charge on any atom is 0.147 e. The fourth-order valence-electron chi connectivity index (χ4n) is 2.76. The zero-order valence-electron chi connectivity index (χ0n) is 11.5. The van der Waals surface area contributed by atoms with E-state index in [1.54, 1.807) is 0 Å². The number of fused-ring (bicyclic) bond motifs is 1. The van der Waals surface area contributed by atoms with Crippen LogP contribution in [-0.2, 0) is 12.8 Å². The summed E-state index contributed by atoms with van der Waals surface area (Å²) >= 11 is 9.75. The van der Waals surface area contributed by atoms with Crippen molar-refractivity contribution in [2.45, 2.75) is 38.5 Å². The van der Waals surface area contributed by atoms with Crippen LogP contribution in [0.4, 0.5) is 0 Å². The van der Waals surface area contributed by atoms with Gasteiger partial charge < -0.3 is 0 Å². The van der Waals surface area contributed by atoms with Crippen LogP contribution in [0, 0.1) is 0 Å². The second kappa shape index (κ2) is 5.45. The van der Waals surface area contributed by atoms with E-state index in [0.29, 0.717) is 17.0 Å². The summed E-state index contributed by atoms with van der Waals surface area (Å²) in [6.07, 6.45) is 2.01. The zero-order valence-corrected chi connectivity index (χ0v) is 13.9. The van der Waals surface area contributed by atoms with E-state index in [1.165, 1.54) is 11.1 Å². The Balaban J connectivity index is 1.97. The first kappa shape index (κ1) is 14.0. The van der Waals surface area contributed by atoms with Gasteiger partial charge in [-0.3, -0.25) is 0 Å². The molecule has 1 aromatic carbocycles. The summed E-state index contributed by atoms with van der Waals surface area (Å²) in [6, 6.07) is 8.57. The highest BCUT2D eigenvalue weighted by Gasteiger charge is 2.26. The van der Waals surface area contributed by atoms with Crippen molar-refractivity contribution in [3.8, 4) is 0 Å². The van der Waals surface area contributed by atoms with Gasteiger partial charge in [-0.15, -0.1) is 0 Å². The van der Waals surface area contributed by atoms with Crippen molar-refractivity contribution in [2.75, 3.05) is 0 Å². The Morgan fingerprint density at radius 1 is 1.15 bits per heavy atom. The number of aromatic nitrogens is 2. The summed E-state index contributed by atoms with van der Waals surface area (Å²) < 4.78 is 0.827. The van der Waals surface area contributed by atoms with Crippen LogP contribution < -0.4 is 0 Å². The molecule has 0 unspecified atom stereocenters. The summed E-state index contributed by atoms with van der Waals surface area (Å²) in [5, 5.41) is 0.523. The molecule has 0 fully saturated rings. The minimum Gasteiger partial charge on any atom is -0.236 e. The largest absolute Gasteiger partial charge is 0.236 e. The van der Waals surface area contributed by atoms with Crippen LogP contribution >= 0.6 is 27.5 Å². The third-order valence-electron chi connectivity index (χ3n) is 3.82. The lowest BCUT2D eigenvalue weighted by atomic mass is 10.0. The molecular weight excluding hydrogens is 336 g/mol. The van der Waals surface area contributed by atoms with Gasteiger partial charge in [0.2, 0.25) is 0 Å². The highest BCUT2D eigenvalue weighted by molar-refractivity contribution is 9.10. The Morgan fingerprint density at radius 2 is 1.75 bits per heavy atom. The van der Waals surface area contributed by atoms with Gasteiger partial charge in [-0.2, -0.15) is 0 Å². The van der Waals surface area contributed by atoms with Gasteiger partial charge in [-0.1, -0.05) is 49.7 Å². The van der Waals surface area contributed by atoms with Crippen molar-refractivity contribution < 1.29 is 0 Å². The first-order chi connectivity index (χ1) is 9.56. The number of hydrogen-bond acceptors (Lipinski definition) is 2. The molecule has 0 N–H and O–H groups in total. The molecule has 2 nitrogen and oxygen atoms in total. The average molecular weight is 352 g/mol. The first-order valence-electron chi connectivity index (χ1n) is 6.86. The van der Waals surface area contributed by atoms with Crippen LogP contribution in [0.15, 0.2) is 28.7 Å². The van der Waals surface area contributed by atoms with Crippen molar-refractivity contribution in [2.24, 2.45) is 0 Å². The fourth-order valence-corrected chi connectivity index (χ4v) is 3.58. The monoisotopic (exact) mass is 350 g/mol. The molecule has 1 aliphatic carbocycles. The van der Waals surface area contributed by atoms with Gasteiger partial charge in [-0.25, -0.2) is 9.97 Å². The normalized spacial score (nSPS) is 14.8. The van der Waals surface area contributed by atoms with E-state index in [2.05, 4.69) is 59.0 Å². The van der Waals surface area contributed by atoms with Gasteiger partial charge in [0.05, 0.1) is 10.2 Å². The molecule has 0 atom stereocenters. The number of hydrogen-bond donors (Lipinski definition) is 0.